The van der Waals surface area contributed by atoms with Crippen LogP contribution in [0.3, 0.4) is 0 Å². The molecule has 0 bridgehead atoms. The number of amidine groups is 1. The second-order valence-corrected chi connectivity index (χ2v) is 8.56. The maximum Gasteiger partial charge on any atom is 0.227 e. The number of methoxy groups -OCH3 is 1. The van der Waals surface area contributed by atoms with Crippen molar-refractivity contribution in [1.82, 2.24) is 15.3 Å². The van der Waals surface area contributed by atoms with E-state index in [1.807, 2.05) is 24.4 Å². The predicted octanol–water partition coefficient (Wildman–Crippen LogP) is 3.15. The minimum Gasteiger partial charge on any atom is -0.495 e. The first-order chi connectivity index (χ1) is 16.6. The average Bonchev–Trinajstić information content (AvgIpc) is 3.35. The van der Waals surface area contributed by atoms with Crippen molar-refractivity contribution in [2.75, 3.05) is 43.6 Å². The summed E-state index contributed by atoms with van der Waals surface area (Å²) in [4.78, 5) is 20.2. The van der Waals surface area contributed by atoms with E-state index in [1.165, 1.54) is 0 Å². The number of rotatable bonds is 10. The van der Waals surface area contributed by atoms with Crippen molar-refractivity contribution in [3.63, 3.8) is 0 Å². The SMILES string of the molecule is C=C(NCC1=NCCC=N1)c1cnc(N2CCCC2CO)nc1NCc1ccc(OC)c(Cl)c1. The molecule has 3 heterocycles. The number of hydrogen-bond donors (Lipinski definition) is 3. The normalized spacial score (nSPS) is 17.4. The first kappa shape index (κ1) is 24.0. The second kappa shape index (κ2) is 11.3. The van der Waals surface area contributed by atoms with Gasteiger partial charge in [-0.1, -0.05) is 24.2 Å². The van der Waals surface area contributed by atoms with E-state index in [9.17, 15) is 5.11 Å². The van der Waals surface area contributed by atoms with E-state index in [2.05, 4.69) is 37.1 Å². The van der Waals surface area contributed by atoms with Gasteiger partial charge in [-0.25, -0.2) is 9.98 Å². The second-order valence-electron chi connectivity index (χ2n) is 8.16. The zero-order valence-corrected chi connectivity index (χ0v) is 20.1. The lowest BCUT2D eigenvalue weighted by molar-refractivity contribution is 0.265. The Labute approximate surface area is 204 Å². The Morgan fingerprint density at radius 1 is 1.35 bits per heavy atom. The topological polar surface area (TPSA) is 107 Å². The molecule has 2 aliphatic rings. The van der Waals surface area contributed by atoms with E-state index in [0.717, 1.165) is 49.3 Å². The number of benzene rings is 1. The molecule has 1 saturated heterocycles. The monoisotopic (exact) mass is 483 g/mol. The van der Waals surface area contributed by atoms with E-state index in [-0.39, 0.29) is 12.6 Å². The molecule has 1 aromatic carbocycles. The molecule has 0 spiro atoms. The number of aliphatic imine (C=N–C) groups is 2. The van der Waals surface area contributed by atoms with E-state index >= 15 is 0 Å². The number of hydrogen-bond acceptors (Lipinski definition) is 9. The standard InChI is InChI=1S/C24H30ClN7O2/c1-16(28-14-22-26-8-4-9-27-22)19-13-30-24(32-10-3-5-18(32)15-33)31-23(19)29-12-17-6-7-21(34-2)20(25)11-17/h6-8,11,13,18,28,33H,1,3-5,9-10,12,14-15H2,2H3,(H,29,30,31). The van der Waals surface area contributed by atoms with Crippen LogP contribution in [0.25, 0.3) is 5.70 Å². The quantitative estimate of drug-likeness (QED) is 0.476. The van der Waals surface area contributed by atoms with Gasteiger partial charge in [0, 0.05) is 44.2 Å². The van der Waals surface area contributed by atoms with Crippen LogP contribution in [0.15, 0.2) is 41.0 Å². The molecule has 1 unspecified atom stereocenters. The number of ether oxygens (including phenoxy) is 1. The first-order valence-electron chi connectivity index (χ1n) is 11.4. The molecule has 1 atom stereocenters. The van der Waals surface area contributed by atoms with Crippen LogP contribution in [0.1, 0.15) is 30.4 Å². The summed E-state index contributed by atoms with van der Waals surface area (Å²) in [6.07, 6.45) is 6.44. The van der Waals surface area contributed by atoms with Crippen LogP contribution in [0.5, 0.6) is 5.75 Å². The van der Waals surface area contributed by atoms with Gasteiger partial charge in [-0.15, -0.1) is 0 Å². The molecule has 1 fully saturated rings. The summed E-state index contributed by atoms with van der Waals surface area (Å²) in [7, 11) is 1.59. The number of aliphatic hydroxyl groups excluding tert-OH is 1. The Bertz CT molecular complexity index is 1090. The highest BCUT2D eigenvalue weighted by molar-refractivity contribution is 6.32. The highest BCUT2D eigenvalue weighted by Gasteiger charge is 2.27. The van der Waals surface area contributed by atoms with Gasteiger partial charge in [-0.05, 0) is 30.5 Å². The molecule has 0 aliphatic carbocycles. The molecule has 9 nitrogen and oxygen atoms in total. The van der Waals surface area contributed by atoms with Crippen molar-refractivity contribution in [1.29, 1.82) is 0 Å². The minimum atomic E-state index is 0.0302. The molecule has 180 valence electrons. The third kappa shape index (κ3) is 5.66. The van der Waals surface area contributed by atoms with Gasteiger partial charge in [0.05, 0.1) is 36.9 Å². The van der Waals surface area contributed by atoms with E-state index in [4.69, 9.17) is 21.3 Å². The Morgan fingerprint density at radius 2 is 2.24 bits per heavy atom. The Hall–Kier alpha value is -3.17. The predicted molar refractivity (Wildman–Crippen MR) is 137 cm³/mol. The summed E-state index contributed by atoms with van der Waals surface area (Å²) >= 11 is 6.30. The fourth-order valence-corrected chi connectivity index (χ4v) is 4.29. The first-order valence-corrected chi connectivity index (χ1v) is 11.8. The molecule has 10 heteroatoms. The lowest BCUT2D eigenvalue weighted by atomic mass is 10.2. The molecular formula is C24H30ClN7O2. The minimum absolute atomic E-state index is 0.0302. The van der Waals surface area contributed by atoms with Crippen molar-refractivity contribution in [2.24, 2.45) is 9.98 Å². The van der Waals surface area contributed by atoms with Gasteiger partial charge in [0.1, 0.15) is 17.4 Å². The van der Waals surface area contributed by atoms with E-state index in [1.54, 1.807) is 13.3 Å². The van der Waals surface area contributed by atoms with Crippen LogP contribution >= 0.6 is 11.6 Å². The summed E-state index contributed by atoms with van der Waals surface area (Å²) in [5, 5.41) is 17.0. The fourth-order valence-electron chi connectivity index (χ4n) is 4.01. The number of nitrogens with zero attached hydrogens (tertiary/aromatic N) is 5. The fraction of sp³-hybridized carbons (Fsp3) is 0.417. The van der Waals surface area contributed by atoms with Crippen LogP contribution < -0.4 is 20.3 Å². The number of aliphatic hydroxyl groups is 1. The summed E-state index contributed by atoms with van der Waals surface area (Å²) < 4.78 is 5.25. The molecule has 1 aromatic heterocycles. The van der Waals surface area contributed by atoms with Crippen LogP contribution in [0.4, 0.5) is 11.8 Å². The lowest BCUT2D eigenvalue weighted by Crippen LogP contribution is -2.33. The summed E-state index contributed by atoms with van der Waals surface area (Å²) in [6.45, 7) is 6.81. The van der Waals surface area contributed by atoms with Crippen molar-refractivity contribution in [3.05, 3.63) is 47.1 Å². The molecule has 0 saturated carbocycles. The zero-order valence-electron chi connectivity index (χ0n) is 19.3. The number of anilines is 2. The Balaban J connectivity index is 1.55. The van der Waals surface area contributed by atoms with Gasteiger partial charge in [0.15, 0.2) is 0 Å². The van der Waals surface area contributed by atoms with Gasteiger partial charge in [0.2, 0.25) is 5.95 Å². The molecule has 3 N–H and O–H groups in total. The molecule has 34 heavy (non-hydrogen) atoms. The smallest absolute Gasteiger partial charge is 0.227 e. The summed E-state index contributed by atoms with van der Waals surface area (Å²) in [5.41, 5.74) is 2.41. The van der Waals surface area contributed by atoms with Crippen LogP contribution in [-0.2, 0) is 6.54 Å². The molecular weight excluding hydrogens is 454 g/mol. The van der Waals surface area contributed by atoms with Gasteiger partial charge < -0.3 is 25.4 Å². The third-order valence-electron chi connectivity index (χ3n) is 5.87. The highest BCUT2D eigenvalue weighted by atomic mass is 35.5. The molecule has 0 radical (unpaired) electrons. The van der Waals surface area contributed by atoms with Crippen LogP contribution in [0, 0.1) is 0 Å². The van der Waals surface area contributed by atoms with Crippen molar-refractivity contribution < 1.29 is 9.84 Å². The van der Waals surface area contributed by atoms with Gasteiger partial charge in [0.25, 0.3) is 0 Å². The molecule has 4 rings (SSSR count). The largest absolute Gasteiger partial charge is 0.495 e. The van der Waals surface area contributed by atoms with Crippen LogP contribution in [-0.4, -0.2) is 66.5 Å². The zero-order chi connectivity index (χ0) is 23.9. The average molecular weight is 484 g/mol. The molecule has 2 aliphatic heterocycles. The molecule has 2 aromatic rings. The van der Waals surface area contributed by atoms with E-state index in [0.29, 0.717) is 41.3 Å². The Morgan fingerprint density at radius 3 is 2.97 bits per heavy atom. The maximum absolute atomic E-state index is 9.74. The number of nitrogens with one attached hydrogen (secondary N) is 2. The lowest BCUT2D eigenvalue weighted by Gasteiger charge is -2.24. The maximum atomic E-state index is 9.74. The van der Waals surface area contributed by atoms with Crippen LogP contribution in [0.2, 0.25) is 5.02 Å². The summed E-state index contributed by atoms with van der Waals surface area (Å²) in [6, 6.07) is 5.69. The van der Waals surface area contributed by atoms with Gasteiger partial charge in [-0.3, -0.25) is 4.99 Å². The van der Waals surface area contributed by atoms with E-state index < -0.39 is 0 Å². The van der Waals surface area contributed by atoms with Crippen molar-refractivity contribution in [3.8, 4) is 5.75 Å². The third-order valence-corrected chi connectivity index (χ3v) is 6.17. The Kier molecular flexibility index (Phi) is 7.97. The van der Waals surface area contributed by atoms with Crippen molar-refractivity contribution in [2.45, 2.75) is 31.8 Å². The number of aromatic nitrogens is 2. The van der Waals surface area contributed by atoms with Gasteiger partial charge >= 0.3 is 0 Å². The number of halogens is 1. The molecule has 0 amide bonds. The summed E-state index contributed by atoms with van der Waals surface area (Å²) in [5.74, 6) is 2.61. The van der Waals surface area contributed by atoms with Crippen molar-refractivity contribution >= 4 is 41.1 Å². The van der Waals surface area contributed by atoms with Gasteiger partial charge in [-0.2, -0.15) is 4.98 Å². The highest BCUT2D eigenvalue weighted by Crippen LogP contribution is 2.28.